The number of carbonyl (C=O) groups excluding carboxylic acids is 1. The average Bonchev–Trinajstić information content (AvgIpc) is 3.34. The van der Waals surface area contributed by atoms with Gasteiger partial charge in [0.25, 0.3) is 5.91 Å². The van der Waals surface area contributed by atoms with E-state index in [1.165, 1.54) is 6.20 Å². The zero-order chi connectivity index (χ0) is 21.0. The molecule has 29 heavy (non-hydrogen) atoms. The molecule has 158 valence electrons. The van der Waals surface area contributed by atoms with Gasteiger partial charge in [-0.25, -0.2) is 14.8 Å². The fourth-order valence-electron chi connectivity index (χ4n) is 3.17. The summed E-state index contributed by atoms with van der Waals surface area (Å²) in [5, 5.41) is 13.1. The molecule has 2 aromatic heterocycles. The van der Waals surface area contributed by atoms with E-state index in [9.17, 15) is 9.59 Å². The Morgan fingerprint density at radius 3 is 2.90 bits per heavy atom. The number of carbonyl (C=O) groups is 2. The minimum Gasteiger partial charge on any atom is -0.477 e. The summed E-state index contributed by atoms with van der Waals surface area (Å²) in [6.45, 7) is 5.65. The molecule has 11 heteroatoms. The van der Waals surface area contributed by atoms with Crippen molar-refractivity contribution in [2.45, 2.75) is 45.3 Å². The molecule has 0 bridgehead atoms. The molecule has 2 aromatic rings. The Morgan fingerprint density at radius 2 is 2.28 bits per heavy atom. The van der Waals surface area contributed by atoms with Crippen LogP contribution in [0.15, 0.2) is 6.20 Å². The summed E-state index contributed by atoms with van der Waals surface area (Å²) in [5.41, 5.74) is 0.725. The maximum Gasteiger partial charge on any atom is 0.347 e. The maximum atomic E-state index is 12.6. The number of carboxylic acids is 1. The Bertz CT molecular complexity index is 870. The van der Waals surface area contributed by atoms with Crippen molar-refractivity contribution >= 4 is 39.9 Å². The number of rotatable bonds is 8. The molecule has 2 atom stereocenters. The number of thiazole rings is 1. The molecular formula is C18H24ClN5O4S. The van der Waals surface area contributed by atoms with Crippen LogP contribution < -0.4 is 10.2 Å². The van der Waals surface area contributed by atoms with Crippen LogP contribution in [0.25, 0.3) is 0 Å². The minimum atomic E-state index is -0.988. The number of aromatic nitrogens is 3. The number of H-pyrrole nitrogens is 1. The third-order valence-corrected chi connectivity index (χ3v) is 6.04. The van der Waals surface area contributed by atoms with E-state index in [2.05, 4.69) is 20.3 Å². The van der Waals surface area contributed by atoms with E-state index in [1.807, 2.05) is 18.7 Å². The number of amides is 1. The highest BCUT2D eigenvalue weighted by molar-refractivity contribution is 7.17. The van der Waals surface area contributed by atoms with Gasteiger partial charge in [-0.2, -0.15) is 0 Å². The smallest absolute Gasteiger partial charge is 0.347 e. The van der Waals surface area contributed by atoms with Gasteiger partial charge in [-0.05, 0) is 19.3 Å². The lowest BCUT2D eigenvalue weighted by atomic mass is 10.0. The van der Waals surface area contributed by atoms with Crippen molar-refractivity contribution in [3.63, 3.8) is 0 Å². The van der Waals surface area contributed by atoms with Crippen LogP contribution in [0.4, 0.5) is 5.13 Å². The Morgan fingerprint density at radius 1 is 1.48 bits per heavy atom. The highest BCUT2D eigenvalue weighted by Gasteiger charge is 2.33. The molecule has 0 saturated carbocycles. The molecule has 0 aromatic carbocycles. The Labute approximate surface area is 177 Å². The molecule has 1 aliphatic heterocycles. The van der Waals surface area contributed by atoms with Gasteiger partial charge in [0.2, 0.25) is 0 Å². The van der Waals surface area contributed by atoms with Crippen molar-refractivity contribution in [2.24, 2.45) is 0 Å². The largest absolute Gasteiger partial charge is 0.477 e. The number of carboxylic acid groups (broad SMARTS) is 1. The molecule has 1 saturated heterocycles. The van der Waals surface area contributed by atoms with Gasteiger partial charge in [0, 0.05) is 19.7 Å². The average molecular weight is 442 g/mol. The van der Waals surface area contributed by atoms with Crippen LogP contribution in [0.5, 0.6) is 0 Å². The summed E-state index contributed by atoms with van der Waals surface area (Å²) in [6.07, 6.45) is 3.26. The second kappa shape index (κ2) is 9.55. The van der Waals surface area contributed by atoms with Crippen molar-refractivity contribution in [1.82, 2.24) is 20.3 Å². The number of hydrogen-bond donors (Lipinski definition) is 3. The highest BCUT2D eigenvalue weighted by atomic mass is 35.5. The topological polar surface area (TPSA) is 120 Å². The minimum absolute atomic E-state index is 0.189. The van der Waals surface area contributed by atoms with Crippen LogP contribution in [-0.2, 0) is 11.2 Å². The standard InChI is InChI=1S/C18H24ClN5O4S/c1-3-7-28-12-9-24(18-20-8-13(29-18)17(26)27)6-5-11(12)22-16(25)15-21-10(4-2)14(19)23-15/h8,11-12H,3-7,9H2,1-2H3,(H,21,23)(H,22,25)(H,26,27). The quantitative estimate of drug-likeness (QED) is 0.575. The molecule has 0 radical (unpaired) electrons. The van der Waals surface area contributed by atoms with Crippen molar-refractivity contribution in [1.29, 1.82) is 0 Å². The number of hydrogen-bond acceptors (Lipinski definition) is 7. The van der Waals surface area contributed by atoms with Gasteiger partial charge >= 0.3 is 5.97 Å². The molecule has 1 fully saturated rings. The number of imidazole rings is 1. The van der Waals surface area contributed by atoms with Gasteiger partial charge in [0.15, 0.2) is 16.1 Å². The number of aryl methyl sites for hydroxylation is 1. The molecule has 2 unspecified atom stereocenters. The van der Waals surface area contributed by atoms with E-state index in [-0.39, 0.29) is 28.8 Å². The van der Waals surface area contributed by atoms with Crippen LogP contribution >= 0.6 is 22.9 Å². The predicted octanol–water partition coefficient (Wildman–Crippen LogP) is 2.58. The third kappa shape index (κ3) is 5.06. The summed E-state index contributed by atoms with van der Waals surface area (Å²) in [5.74, 6) is -1.12. The summed E-state index contributed by atoms with van der Waals surface area (Å²) in [4.78, 5) is 37.2. The number of piperidine rings is 1. The van der Waals surface area contributed by atoms with Gasteiger partial charge in [-0.15, -0.1) is 0 Å². The first-order valence-corrected chi connectivity index (χ1v) is 10.7. The SMILES string of the molecule is CCCOC1CN(c2ncc(C(=O)O)s2)CCC1NC(=O)c1nc(Cl)c(CC)[nH]1. The van der Waals surface area contributed by atoms with Crippen LogP contribution in [-0.4, -0.2) is 63.8 Å². The summed E-state index contributed by atoms with van der Waals surface area (Å²) in [6, 6.07) is -0.196. The molecule has 3 heterocycles. The van der Waals surface area contributed by atoms with Crippen LogP contribution in [0, 0.1) is 0 Å². The number of nitrogens with one attached hydrogen (secondary N) is 2. The van der Waals surface area contributed by atoms with Gasteiger partial charge in [-0.3, -0.25) is 4.79 Å². The third-order valence-electron chi connectivity index (χ3n) is 4.68. The summed E-state index contributed by atoms with van der Waals surface area (Å²) < 4.78 is 5.99. The molecule has 0 spiro atoms. The Balaban J connectivity index is 1.69. The number of ether oxygens (including phenoxy) is 1. The zero-order valence-electron chi connectivity index (χ0n) is 16.3. The number of aromatic amines is 1. The lowest BCUT2D eigenvalue weighted by Gasteiger charge is -2.38. The molecule has 3 rings (SSSR count). The van der Waals surface area contributed by atoms with Gasteiger partial charge in [-0.1, -0.05) is 36.8 Å². The Hall–Kier alpha value is -2.17. The first-order chi connectivity index (χ1) is 13.9. The first kappa shape index (κ1) is 21.5. The van der Waals surface area contributed by atoms with Crippen LogP contribution in [0.3, 0.4) is 0 Å². The molecule has 9 nitrogen and oxygen atoms in total. The Kier molecular flexibility index (Phi) is 7.09. The number of aromatic carboxylic acids is 1. The second-order valence-corrected chi connectivity index (χ2v) is 8.11. The maximum absolute atomic E-state index is 12.6. The van der Waals surface area contributed by atoms with Crippen molar-refractivity contribution in [3.8, 4) is 0 Å². The fraction of sp³-hybridized carbons (Fsp3) is 0.556. The van der Waals surface area contributed by atoms with Gasteiger partial charge in [0.05, 0.1) is 24.0 Å². The number of nitrogens with zero attached hydrogens (tertiary/aromatic N) is 3. The van der Waals surface area contributed by atoms with Gasteiger partial charge in [0.1, 0.15) is 4.88 Å². The molecule has 1 aliphatic rings. The lowest BCUT2D eigenvalue weighted by Crippen LogP contribution is -2.55. The van der Waals surface area contributed by atoms with E-state index >= 15 is 0 Å². The first-order valence-electron chi connectivity index (χ1n) is 9.53. The van der Waals surface area contributed by atoms with E-state index < -0.39 is 5.97 Å². The second-order valence-electron chi connectivity index (χ2n) is 6.74. The van der Waals surface area contributed by atoms with E-state index in [0.29, 0.717) is 42.8 Å². The van der Waals surface area contributed by atoms with E-state index in [1.54, 1.807) is 0 Å². The highest BCUT2D eigenvalue weighted by Crippen LogP contribution is 2.27. The lowest BCUT2D eigenvalue weighted by molar-refractivity contribution is 0.0204. The van der Waals surface area contributed by atoms with Crippen LogP contribution in [0.1, 0.15) is 52.7 Å². The predicted molar refractivity (Wildman–Crippen MR) is 110 cm³/mol. The summed E-state index contributed by atoms with van der Waals surface area (Å²) in [7, 11) is 0. The summed E-state index contributed by atoms with van der Waals surface area (Å²) >= 11 is 7.17. The monoisotopic (exact) mass is 441 g/mol. The van der Waals surface area contributed by atoms with Crippen molar-refractivity contribution in [2.75, 3.05) is 24.6 Å². The van der Waals surface area contributed by atoms with Crippen LogP contribution in [0.2, 0.25) is 5.15 Å². The van der Waals surface area contributed by atoms with Gasteiger partial charge < -0.3 is 25.0 Å². The molecule has 3 N–H and O–H groups in total. The number of halogens is 1. The normalized spacial score (nSPS) is 19.3. The zero-order valence-corrected chi connectivity index (χ0v) is 17.8. The fourth-order valence-corrected chi connectivity index (χ4v) is 4.23. The van der Waals surface area contributed by atoms with E-state index in [4.69, 9.17) is 21.4 Å². The van der Waals surface area contributed by atoms with E-state index in [0.717, 1.165) is 23.5 Å². The molecular weight excluding hydrogens is 418 g/mol. The molecule has 1 amide bonds. The molecule has 0 aliphatic carbocycles. The number of anilines is 1. The van der Waals surface area contributed by atoms with Crippen molar-refractivity contribution < 1.29 is 19.4 Å². The van der Waals surface area contributed by atoms with Crippen molar-refractivity contribution in [3.05, 3.63) is 27.7 Å².